The van der Waals surface area contributed by atoms with Crippen LogP contribution in [0.2, 0.25) is 5.02 Å². The summed E-state index contributed by atoms with van der Waals surface area (Å²) in [4.78, 5) is 8.79. The molecule has 1 heterocycles. The van der Waals surface area contributed by atoms with E-state index < -0.39 is 0 Å². The van der Waals surface area contributed by atoms with Gasteiger partial charge in [0.1, 0.15) is 0 Å². The molecule has 0 spiro atoms. The minimum Gasteiger partial charge on any atom is -0.324 e. The average Bonchev–Trinajstić information content (AvgIpc) is 2.29. The molecule has 0 amide bonds. The van der Waals surface area contributed by atoms with Crippen molar-refractivity contribution in [2.45, 2.75) is 19.9 Å². The molecule has 1 atom stereocenters. The first-order valence-corrected chi connectivity index (χ1v) is 5.81. The second-order valence-electron chi connectivity index (χ2n) is 4.03. The lowest BCUT2D eigenvalue weighted by Gasteiger charge is -2.09. The molecular weight excluding hydrogens is 234 g/mol. The number of aryl methyl sites for hydroxylation is 1. The summed E-state index contributed by atoms with van der Waals surface area (Å²) in [5, 5.41) is 0.706. The van der Waals surface area contributed by atoms with Crippen LogP contribution in [0.3, 0.4) is 0 Å². The van der Waals surface area contributed by atoms with Crippen molar-refractivity contribution in [3.63, 3.8) is 0 Å². The highest BCUT2D eigenvalue weighted by atomic mass is 35.5. The van der Waals surface area contributed by atoms with Crippen molar-refractivity contribution >= 4 is 11.6 Å². The number of nitrogens with zero attached hydrogens (tertiary/aromatic N) is 2. The highest BCUT2D eigenvalue weighted by molar-refractivity contribution is 6.30. The van der Waals surface area contributed by atoms with Crippen LogP contribution >= 0.6 is 11.6 Å². The van der Waals surface area contributed by atoms with E-state index in [1.165, 1.54) is 0 Å². The first-order valence-electron chi connectivity index (χ1n) is 5.43. The van der Waals surface area contributed by atoms with Crippen LogP contribution in [0, 0.1) is 6.92 Å². The molecule has 0 aliphatic carbocycles. The third kappa shape index (κ3) is 2.62. The van der Waals surface area contributed by atoms with Crippen LogP contribution in [0.5, 0.6) is 0 Å². The molecule has 17 heavy (non-hydrogen) atoms. The summed E-state index contributed by atoms with van der Waals surface area (Å²) in [5.41, 5.74) is 8.67. The second kappa shape index (κ2) is 4.82. The zero-order chi connectivity index (χ0) is 12.4. The third-order valence-corrected chi connectivity index (χ3v) is 2.86. The van der Waals surface area contributed by atoms with E-state index in [2.05, 4.69) is 9.97 Å². The monoisotopic (exact) mass is 247 g/mol. The highest BCUT2D eigenvalue weighted by Gasteiger charge is 2.08. The van der Waals surface area contributed by atoms with Crippen molar-refractivity contribution in [1.29, 1.82) is 0 Å². The number of aromatic nitrogens is 2. The minimum atomic E-state index is -0.0470. The number of hydrogen-bond acceptors (Lipinski definition) is 3. The van der Waals surface area contributed by atoms with Crippen LogP contribution in [0.4, 0.5) is 0 Å². The van der Waals surface area contributed by atoms with Gasteiger partial charge in [-0.15, -0.1) is 0 Å². The van der Waals surface area contributed by atoms with Crippen molar-refractivity contribution in [2.24, 2.45) is 5.73 Å². The van der Waals surface area contributed by atoms with E-state index in [4.69, 9.17) is 17.3 Å². The smallest absolute Gasteiger partial charge is 0.159 e. The Hall–Kier alpha value is -1.45. The van der Waals surface area contributed by atoms with Crippen LogP contribution in [0.25, 0.3) is 11.4 Å². The maximum Gasteiger partial charge on any atom is 0.159 e. The molecule has 0 saturated heterocycles. The van der Waals surface area contributed by atoms with Crippen molar-refractivity contribution < 1.29 is 0 Å². The maximum atomic E-state index is 5.84. The van der Waals surface area contributed by atoms with Crippen molar-refractivity contribution in [3.8, 4) is 11.4 Å². The van der Waals surface area contributed by atoms with Crippen LogP contribution in [0.15, 0.2) is 30.5 Å². The minimum absolute atomic E-state index is 0.0470. The fourth-order valence-corrected chi connectivity index (χ4v) is 1.79. The number of benzene rings is 1. The SMILES string of the molecule is Cc1nc(-c2ccc(Cl)cc2)ncc1[C@@H](C)N. The molecule has 88 valence electrons. The Balaban J connectivity index is 2.41. The molecular formula is C13H14ClN3. The quantitative estimate of drug-likeness (QED) is 0.887. The third-order valence-electron chi connectivity index (χ3n) is 2.61. The summed E-state index contributed by atoms with van der Waals surface area (Å²) in [6.07, 6.45) is 1.79. The predicted octanol–water partition coefficient (Wildman–Crippen LogP) is 3.13. The first kappa shape index (κ1) is 12.0. The Bertz CT molecular complexity index is 521. The van der Waals surface area contributed by atoms with Crippen LogP contribution < -0.4 is 5.73 Å². The molecule has 0 aliphatic heterocycles. The van der Waals surface area contributed by atoms with Gasteiger partial charge in [-0.25, -0.2) is 9.97 Å². The van der Waals surface area contributed by atoms with E-state index in [1.807, 2.05) is 38.1 Å². The summed E-state index contributed by atoms with van der Waals surface area (Å²) in [6.45, 7) is 3.87. The van der Waals surface area contributed by atoms with E-state index in [0.29, 0.717) is 10.8 Å². The summed E-state index contributed by atoms with van der Waals surface area (Å²) >= 11 is 5.84. The Labute approximate surface area is 106 Å². The first-order chi connectivity index (χ1) is 8.08. The van der Waals surface area contributed by atoms with Gasteiger partial charge in [-0.05, 0) is 38.1 Å². The summed E-state index contributed by atoms with van der Waals surface area (Å²) in [7, 11) is 0. The molecule has 0 bridgehead atoms. The van der Waals surface area contributed by atoms with Crippen LogP contribution in [0.1, 0.15) is 24.2 Å². The molecule has 0 radical (unpaired) electrons. The largest absolute Gasteiger partial charge is 0.324 e. The molecule has 0 unspecified atom stereocenters. The van der Waals surface area contributed by atoms with E-state index in [0.717, 1.165) is 16.8 Å². The lowest BCUT2D eigenvalue weighted by atomic mass is 10.1. The molecule has 0 aliphatic rings. The van der Waals surface area contributed by atoms with Gasteiger partial charge >= 0.3 is 0 Å². The van der Waals surface area contributed by atoms with Gasteiger partial charge in [-0.2, -0.15) is 0 Å². The average molecular weight is 248 g/mol. The molecule has 3 nitrogen and oxygen atoms in total. The fraction of sp³-hybridized carbons (Fsp3) is 0.231. The molecule has 1 aromatic carbocycles. The van der Waals surface area contributed by atoms with Gasteiger partial charge in [0.25, 0.3) is 0 Å². The van der Waals surface area contributed by atoms with Gasteiger partial charge in [-0.1, -0.05) is 11.6 Å². The molecule has 1 aromatic heterocycles. The van der Waals surface area contributed by atoms with Crippen molar-refractivity contribution in [1.82, 2.24) is 9.97 Å². The van der Waals surface area contributed by atoms with Gasteiger partial charge in [0.2, 0.25) is 0 Å². The van der Waals surface area contributed by atoms with Crippen LogP contribution in [-0.2, 0) is 0 Å². The number of hydrogen-bond donors (Lipinski definition) is 1. The maximum absolute atomic E-state index is 5.84. The number of halogens is 1. The van der Waals surface area contributed by atoms with Gasteiger partial charge in [-0.3, -0.25) is 0 Å². The Kier molecular flexibility index (Phi) is 3.41. The normalized spacial score (nSPS) is 12.5. The number of nitrogens with two attached hydrogens (primary N) is 1. The number of rotatable bonds is 2. The summed E-state index contributed by atoms with van der Waals surface area (Å²) in [6, 6.07) is 7.42. The summed E-state index contributed by atoms with van der Waals surface area (Å²) < 4.78 is 0. The molecule has 2 aromatic rings. The lowest BCUT2D eigenvalue weighted by Crippen LogP contribution is -2.09. The topological polar surface area (TPSA) is 51.8 Å². The molecule has 0 fully saturated rings. The summed E-state index contributed by atoms with van der Waals surface area (Å²) in [5.74, 6) is 0.698. The molecule has 2 rings (SSSR count). The van der Waals surface area contributed by atoms with Gasteiger partial charge in [0, 0.05) is 34.1 Å². The van der Waals surface area contributed by atoms with E-state index in [9.17, 15) is 0 Å². The zero-order valence-corrected chi connectivity index (χ0v) is 10.6. The molecule has 2 N–H and O–H groups in total. The second-order valence-corrected chi connectivity index (χ2v) is 4.47. The van der Waals surface area contributed by atoms with Gasteiger partial charge < -0.3 is 5.73 Å². The zero-order valence-electron chi connectivity index (χ0n) is 9.81. The van der Waals surface area contributed by atoms with Gasteiger partial charge in [0.15, 0.2) is 5.82 Å². The fourth-order valence-electron chi connectivity index (χ4n) is 1.66. The van der Waals surface area contributed by atoms with E-state index >= 15 is 0 Å². The Morgan fingerprint density at radius 3 is 2.41 bits per heavy atom. The lowest BCUT2D eigenvalue weighted by molar-refractivity contribution is 0.790. The Morgan fingerprint density at radius 1 is 1.24 bits per heavy atom. The molecule has 0 saturated carbocycles. The Morgan fingerprint density at radius 2 is 1.88 bits per heavy atom. The predicted molar refractivity (Wildman–Crippen MR) is 69.8 cm³/mol. The van der Waals surface area contributed by atoms with Crippen molar-refractivity contribution in [2.75, 3.05) is 0 Å². The van der Waals surface area contributed by atoms with E-state index in [1.54, 1.807) is 6.20 Å². The highest BCUT2D eigenvalue weighted by Crippen LogP contribution is 2.20. The van der Waals surface area contributed by atoms with E-state index in [-0.39, 0.29) is 6.04 Å². The van der Waals surface area contributed by atoms with Crippen molar-refractivity contribution in [3.05, 3.63) is 46.7 Å². The van der Waals surface area contributed by atoms with Gasteiger partial charge in [0.05, 0.1) is 0 Å². The molecule has 4 heteroatoms. The standard InChI is InChI=1S/C13H14ClN3/c1-8(15)12-7-16-13(17-9(12)2)10-3-5-11(14)6-4-10/h3-8H,15H2,1-2H3/t8-/m1/s1. The van der Waals surface area contributed by atoms with Crippen LogP contribution in [-0.4, -0.2) is 9.97 Å².